The third-order valence-electron chi connectivity index (χ3n) is 15.4. The molecule has 4 heteroatoms. The van der Waals surface area contributed by atoms with Crippen LogP contribution in [0.15, 0.2) is 265 Å². The normalized spacial score (nSPS) is 12.7. The Morgan fingerprint density at radius 2 is 0.689 bits per heavy atom. The molecule has 2 aromatic heterocycles. The fourth-order valence-corrected chi connectivity index (χ4v) is 12.2. The van der Waals surface area contributed by atoms with Gasteiger partial charge in [0.05, 0.1) is 5.41 Å². The van der Waals surface area contributed by atoms with Gasteiger partial charge >= 0.3 is 0 Å². The van der Waals surface area contributed by atoms with Gasteiger partial charge in [-0.25, -0.2) is 15.0 Å². The van der Waals surface area contributed by atoms with E-state index in [0.717, 1.165) is 72.0 Å². The SMILES string of the molecule is c1ccc(-c2cccc(-c3nc(-c4ccccc4-c4ccccc4)nc(-c4cccc5oc6ccc(-c7ccc(-c8cccc9c8C8(c%10ccccc%10-c%10ccccc%108)c8ccccc8-9)cc7)cc6c45)n3)c2)cc1. The molecule has 0 unspecified atom stereocenters. The molecule has 15 rings (SSSR count). The van der Waals surface area contributed by atoms with Crippen molar-refractivity contribution in [1.82, 2.24) is 15.0 Å². The highest BCUT2D eigenvalue weighted by Gasteiger charge is 2.52. The van der Waals surface area contributed by atoms with Crippen molar-refractivity contribution in [2.75, 3.05) is 0 Å². The molecule has 0 saturated heterocycles. The van der Waals surface area contributed by atoms with Gasteiger partial charge in [0, 0.05) is 27.5 Å². The zero-order valence-corrected chi connectivity index (χ0v) is 40.1. The van der Waals surface area contributed by atoms with E-state index < -0.39 is 5.41 Å². The van der Waals surface area contributed by atoms with Crippen LogP contribution in [0.3, 0.4) is 0 Å². The minimum absolute atomic E-state index is 0.434. The number of hydrogen-bond donors (Lipinski definition) is 0. The summed E-state index contributed by atoms with van der Waals surface area (Å²) in [4.78, 5) is 15.9. The fraction of sp³-hybridized carbons (Fsp3) is 0.0143. The van der Waals surface area contributed by atoms with Gasteiger partial charge in [-0.15, -0.1) is 0 Å². The first-order valence-electron chi connectivity index (χ1n) is 25.2. The van der Waals surface area contributed by atoms with Crippen molar-refractivity contribution in [3.05, 3.63) is 283 Å². The first-order valence-corrected chi connectivity index (χ1v) is 25.2. The molecule has 1 spiro atoms. The molecular weight excluding hydrogens is 899 g/mol. The van der Waals surface area contributed by atoms with E-state index in [1.807, 2.05) is 24.3 Å². The van der Waals surface area contributed by atoms with Gasteiger partial charge < -0.3 is 4.42 Å². The molecule has 0 saturated carbocycles. The first kappa shape index (κ1) is 42.0. The van der Waals surface area contributed by atoms with Crippen LogP contribution in [0.2, 0.25) is 0 Å². The summed E-state index contributed by atoms with van der Waals surface area (Å²) >= 11 is 0. The summed E-state index contributed by atoms with van der Waals surface area (Å²) in [7, 11) is 0. The van der Waals surface area contributed by atoms with Gasteiger partial charge in [-0.05, 0) is 113 Å². The number of hydrogen-bond acceptors (Lipinski definition) is 4. The molecule has 0 aliphatic heterocycles. The second-order valence-corrected chi connectivity index (χ2v) is 19.3. The van der Waals surface area contributed by atoms with E-state index >= 15 is 0 Å². The van der Waals surface area contributed by atoms with Gasteiger partial charge in [0.15, 0.2) is 17.5 Å². The van der Waals surface area contributed by atoms with Gasteiger partial charge in [0.25, 0.3) is 0 Å². The van der Waals surface area contributed by atoms with Gasteiger partial charge in [-0.1, -0.05) is 237 Å². The minimum atomic E-state index is -0.434. The van der Waals surface area contributed by atoms with Gasteiger partial charge in [-0.2, -0.15) is 0 Å². The smallest absolute Gasteiger partial charge is 0.164 e. The first-order chi connectivity index (χ1) is 36.7. The molecule has 2 aliphatic carbocycles. The predicted octanol–water partition coefficient (Wildman–Crippen LogP) is 17.8. The number of furan rings is 1. The predicted molar refractivity (Wildman–Crippen MR) is 301 cm³/mol. The molecule has 74 heavy (non-hydrogen) atoms. The average Bonchev–Trinajstić information content (AvgIpc) is 4.12. The Labute approximate surface area is 428 Å². The maximum Gasteiger partial charge on any atom is 0.164 e. The lowest BCUT2D eigenvalue weighted by Gasteiger charge is -2.32. The van der Waals surface area contributed by atoms with Crippen molar-refractivity contribution in [2.24, 2.45) is 0 Å². The van der Waals surface area contributed by atoms with Crippen LogP contribution in [0.25, 0.3) is 123 Å². The molecule has 11 aromatic carbocycles. The van der Waals surface area contributed by atoms with Gasteiger partial charge in [0.1, 0.15) is 11.2 Å². The van der Waals surface area contributed by atoms with Crippen molar-refractivity contribution in [3.8, 4) is 101 Å². The number of rotatable bonds is 7. The monoisotopic (exact) mass is 941 g/mol. The third kappa shape index (κ3) is 6.38. The quantitative estimate of drug-likeness (QED) is 0.160. The van der Waals surface area contributed by atoms with Crippen molar-refractivity contribution < 1.29 is 4.42 Å². The van der Waals surface area contributed by atoms with Crippen LogP contribution in [0.1, 0.15) is 22.3 Å². The molecule has 0 amide bonds. The molecule has 2 aliphatic rings. The van der Waals surface area contributed by atoms with Crippen LogP contribution in [-0.4, -0.2) is 15.0 Å². The van der Waals surface area contributed by atoms with Gasteiger partial charge in [0.2, 0.25) is 0 Å². The van der Waals surface area contributed by atoms with Crippen LogP contribution in [-0.2, 0) is 5.41 Å². The second kappa shape index (κ2) is 16.7. The van der Waals surface area contributed by atoms with Gasteiger partial charge in [-0.3, -0.25) is 0 Å². The zero-order chi connectivity index (χ0) is 48.7. The summed E-state index contributed by atoms with van der Waals surface area (Å²) in [5, 5.41) is 1.95. The highest BCUT2D eigenvalue weighted by Crippen LogP contribution is 2.64. The zero-order valence-electron chi connectivity index (χ0n) is 40.1. The van der Waals surface area contributed by atoms with E-state index in [4.69, 9.17) is 19.4 Å². The average molecular weight is 942 g/mol. The molecule has 2 heterocycles. The lowest BCUT2D eigenvalue weighted by atomic mass is 9.68. The lowest BCUT2D eigenvalue weighted by molar-refractivity contribution is 0.669. The fourth-order valence-electron chi connectivity index (χ4n) is 12.2. The summed E-state index contributed by atoms with van der Waals surface area (Å²) in [6.07, 6.45) is 0. The molecule has 0 atom stereocenters. The Morgan fingerprint density at radius 1 is 0.257 bits per heavy atom. The van der Waals surface area contributed by atoms with E-state index in [1.54, 1.807) is 0 Å². The van der Waals surface area contributed by atoms with Crippen LogP contribution >= 0.6 is 0 Å². The molecule has 0 N–H and O–H groups in total. The van der Waals surface area contributed by atoms with Crippen LogP contribution < -0.4 is 0 Å². The largest absolute Gasteiger partial charge is 0.456 e. The second-order valence-electron chi connectivity index (χ2n) is 19.3. The molecule has 4 nitrogen and oxygen atoms in total. The van der Waals surface area contributed by atoms with E-state index in [9.17, 15) is 0 Å². The number of benzene rings is 11. The van der Waals surface area contributed by atoms with E-state index in [2.05, 4.69) is 237 Å². The Hall–Kier alpha value is -9.77. The third-order valence-corrected chi connectivity index (χ3v) is 15.4. The van der Waals surface area contributed by atoms with Crippen LogP contribution in [0, 0.1) is 0 Å². The molecule has 344 valence electrons. The molecular formula is C70H43N3O. The number of nitrogens with zero attached hydrogens (tertiary/aromatic N) is 3. The summed E-state index contributed by atoms with van der Waals surface area (Å²) in [6, 6.07) is 93.4. The van der Waals surface area contributed by atoms with E-state index in [0.29, 0.717) is 17.5 Å². The standard InChI is InChI=1S/C70H43N3O/c1-3-18-44(19-4-1)48-22-15-23-50(42-48)67-71-68(57-28-8-7-24-51(57)46-20-5-2-6-21-46)73-69(72-67)58-31-17-35-64-65(58)59-43-49(40-41-63(59)74-64)45-36-38-47(39-37-45)52-29-16-30-56-55-27-11-14-34-62(55)70(66(52)56)60-32-12-9-25-53(60)54-26-10-13-33-61(54)70/h1-43H. The van der Waals surface area contributed by atoms with Crippen molar-refractivity contribution in [1.29, 1.82) is 0 Å². The highest BCUT2D eigenvalue weighted by molar-refractivity contribution is 6.13. The molecule has 0 radical (unpaired) electrons. The maximum atomic E-state index is 6.65. The lowest BCUT2D eigenvalue weighted by Crippen LogP contribution is -2.26. The van der Waals surface area contributed by atoms with Crippen molar-refractivity contribution in [2.45, 2.75) is 5.41 Å². The Morgan fingerprint density at radius 3 is 1.39 bits per heavy atom. The Kier molecular flexibility index (Phi) is 9.45. The van der Waals surface area contributed by atoms with E-state index in [-0.39, 0.29) is 0 Å². The maximum absolute atomic E-state index is 6.65. The minimum Gasteiger partial charge on any atom is -0.456 e. The highest BCUT2D eigenvalue weighted by atomic mass is 16.3. The van der Waals surface area contributed by atoms with Crippen molar-refractivity contribution >= 4 is 21.9 Å². The summed E-state index contributed by atoms with van der Waals surface area (Å²) in [6.45, 7) is 0. The number of fused-ring (bicyclic) bond motifs is 13. The Balaban J connectivity index is 0.864. The summed E-state index contributed by atoms with van der Waals surface area (Å²) in [5.74, 6) is 1.76. The topological polar surface area (TPSA) is 51.8 Å². The number of aromatic nitrogens is 3. The summed E-state index contributed by atoms with van der Waals surface area (Å²) in [5.41, 5.74) is 23.4. The van der Waals surface area contributed by atoms with Crippen molar-refractivity contribution in [3.63, 3.8) is 0 Å². The van der Waals surface area contributed by atoms with E-state index in [1.165, 1.54) is 55.6 Å². The molecule has 13 aromatic rings. The Bertz CT molecular complexity index is 4300. The molecule has 0 bridgehead atoms. The summed E-state index contributed by atoms with van der Waals surface area (Å²) < 4.78 is 6.65. The molecule has 0 fully saturated rings. The van der Waals surface area contributed by atoms with Crippen LogP contribution in [0.4, 0.5) is 0 Å². The van der Waals surface area contributed by atoms with Crippen LogP contribution in [0.5, 0.6) is 0 Å².